The summed E-state index contributed by atoms with van der Waals surface area (Å²) in [5.41, 5.74) is 1.91. The van der Waals surface area contributed by atoms with E-state index in [4.69, 9.17) is 16.3 Å². The van der Waals surface area contributed by atoms with Crippen LogP contribution < -0.4 is 4.74 Å². The van der Waals surface area contributed by atoms with Gasteiger partial charge in [-0.05, 0) is 24.3 Å². The Kier molecular flexibility index (Phi) is 3.34. The first kappa shape index (κ1) is 12.0. The lowest BCUT2D eigenvalue weighted by Crippen LogP contribution is -1.96. The first-order valence-corrected chi connectivity index (χ1v) is 6.42. The molecule has 0 atom stereocenters. The van der Waals surface area contributed by atoms with E-state index in [1.807, 2.05) is 54.6 Å². The van der Waals surface area contributed by atoms with E-state index in [1.165, 1.54) is 0 Å². The molecule has 0 aliphatic rings. The Morgan fingerprint density at radius 1 is 1.00 bits per heavy atom. The predicted molar refractivity (Wildman–Crippen MR) is 77.5 cm³/mol. The molecule has 1 heterocycles. The van der Waals surface area contributed by atoms with Gasteiger partial charge in [0.25, 0.3) is 0 Å². The third-order valence-corrected chi connectivity index (χ3v) is 3.30. The number of hydrogen-bond acceptors (Lipinski definition) is 2. The number of aromatic nitrogens is 1. The Labute approximate surface area is 116 Å². The molecule has 2 aromatic carbocycles. The van der Waals surface area contributed by atoms with Crippen molar-refractivity contribution in [2.75, 3.05) is 0 Å². The van der Waals surface area contributed by atoms with Crippen molar-refractivity contribution in [3.05, 3.63) is 71.4 Å². The monoisotopic (exact) mass is 269 g/mol. The molecule has 0 N–H and O–H groups in total. The minimum atomic E-state index is 0.456. The molecule has 2 nitrogen and oxygen atoms in total. The van der Waals surface area contributed by atoms with Crippen LogP contribution in [-0.4, -0.2) is 4.98 Å². The number of halogens is 1. The molecule has 3 rings (SSSR count). The summed E-state index contributed by atoms with van der Waals surface area (Å²) in [7, 11) is 0. The molecule has 0 bridgehead atoms. The summed E-state index contributed by atoms with van der Waals surface area (Å²) in [6, 6.07) is 17.5. The Morgan fingerprint density at radius 2 is 1.89 bits per heavy atom. The van der Waals surface area contributed by atoms with Crippen LogP contribution in [0.1, 0.15) is 5.56 Å². The van der Waals surface area contributed by atoms with Crippen molar-refractivity contribution in [1.82, 2.24) is 4.98 Å². The van der Waals surface area contributed by atoms with E-state index < -0.39 is 0 Å². The van der Waals surface area contributed by atoms with E-state index >= 15 is 0 Å². The standard InChI is InChI=1S/C16H12ClNO/c17-15-6-2-1-4-13(15)11-19-14-8-7-12-5-3-9-18-16(12)10-14/h1-10H,11H2. The lowest BCUT2D eigenvalue weighted by molar-refractivity contribution is 0.306. The van der Waals surface area contributed by atoms with Gasteiger partial charge in [0.2, 0.25) is 0 Å². The van der Waals surface area contributed by atoms with Crippen LogP contribution in [0.3, 0.4) is 0 Å². The fourth-order valence-corrected chi connectivity index (χ4v) is 2.10. The summed E-state index contributed by atoms with van der Waals surface area (Å²) in [6.07, 6.45) is 1.78. The van der Waals surface area contributed by atoms with E-state index in [0.717, 1.165) is 27.2 Å². The van der Waals surface area contributed by atoms with Crippen LogP contribution in [0.2, 0.25) is 5.02 Å². The van der Waals surface area contributed by atoms with E-state index in [9.17, 15) is 0 Å². The Morgan fingerprint density at radius 3 is 2.79 bits per heavy atom. The number of rotatable bonds is 3. The quantitative estimate of drug-likeness (QED) is 0.700. The molecule has 0 aliphatic carbocycles. The van der Waals surface area contributed by atoms with Crippen LogP contribution in [0.25, 0.3) is 10.9 Å². The zero-order valence-electron chi connectivity index (χ0n) is 10.2. The minimum absolute atomic E-state index is 0.456. The first-order chi connectivity index (χ1) is 9.33. The highest BCUT2D eigenvalue weighted by molar-refractivity contribution is 6.31. The van der Waals surface area contributed by atoms with Crippen LogP contribution in [0, 0.1) is 0 Å². The van der Waals surface area contributed by atoms with Gasteiger partial charge in [0.1, 0.15) is 12.4 Å². The van der Waals surface area contributed by atoms with Crippen molar-refractivity contribution in [2.24, 2.45) is 0 Å². The van der Waals surface area contributed by atoms with Gasteiger partial charge < -0.3 is 4.74 Å². The highest BCUT2D eigenvalue weighted by Gasteiger charge is 2.01. The first-order valence-electron chi connectivity index (χ1n) is 6.04. The molecule has 0 aliphatic heterocycles. The molecule has 1 aromatic heterocycles. The van der Waals surface area contributed by atoms with Gasteiger partial charge in [-0.1, -0.05) is 35.9 Å². The Hall–Kier alpha value is -2.06. The normalized spacial score (nSPS) is 10.6. The maximum Gasteiger partial charge on any atom is 0.122 e. The molecule has 0 fully saturated rings. The number of nitrogens with zero attached hydrogens (tertiary/aromatic N) is 1. The van der Waals surface area contributed by atoms with Crippen LogP contribution in [0.15, 0.2) is 60.8 Å². The van der Waals surface area contributed by atoms with Gasteiger partial charge in [-0.25, -0.2) is 0 Å². The summed E-state index contributed by atoms with van der Waals surface area (Å²) < 4.78 is 5.76. The Balaban J connectivity index is 1.80. The number of fused-ring (bicyclic) bond motifs is 1. The van der Waals surface area contributed by atoms with Gasteiger partial charge >= 0.3 is 0 Å². The fraction of sp³-hybridized carbons (Fsp3) is 0.0625. The summed E-state index contributed by atoms with van der Waals surface area (Å²) in [5, 5.41) is 1.83. The fourth-order valence-electron chi connectivity index (χ4n) is 1.91. The molecule has 0 amide bonds. The van der Waals surface area contributed by atoms with E-state index in [-0.39, 0.29) is 0 Å². The van der Waals surface area contributed by atoms with E-state index in [1.54, 1.807) is 6.20 Å². The molecule has 0 spiro atoms. The number of ether oxygens (including phenoxy) is 1. The summed E-state index contributed by atoms with van der Waals surface area (Å²) in [5.74, 6) is 0.797. The maximum atomic E-state index is 6.09. The molecule has 0 saturated carbocycles. The molecular weight excluding hydrogens is 258 g/mol. The molecule has 19 heavy (non-hydrogen) atoms. The van der Waals surface area contributed by atoms with E-state index in [2.05, 4.69) is 4.98 Å². The van der Waals surface area contributed by atoms with Crippen molar-refractivity contribution in [3.63, 3.8) is 0 Å². The molecule has 0 saturated heterocycles. The van der Waals surface area contributed by atoms with Crippen molar-refractivity contribution in [3.8, 4) is 5.75 Å². The average molecular weight is 270 g/mol. The molecule has 94 valence electrons. The maximum absolute atomic E-state index is 6.09. The van der Waals surface area contributed by atoms with Crippen LogP contribution in [0.5, 0.6) is 5.75 Å². The van der Waals surface area contributed by atoms with Crippen molar-refractivity contribution >= 4 is 22.5 Å². The number of pyridine rings is 1. The minimum Gasteiger partial charge on any atom is -0.489 e. The van der Waals surface area contributed by atoms with Crippen LogP contribution in [0.4, 0.5) is 0 Å². The number of benzene rings is 2. The van der Waals surface area contributed by atoms with Gasteiger partial charge in [0.15, 0.2) is 0 Å². The zero-order valence-corrected chi connectivity index (χ0v) is 11.0. The molecule has 3 heteroatoms. The van der Waals surface area contributed by atoms with E-state index in [0.29, 0.717) is 6.61 Å². The van der Waals surface area contributed by atoms with Gasteiger partial charge in [0, 0.05) is 28.2 Å². The third kappa shape index (κ3) is 2.69. The molecule has 0 unspecified atom stereocenters. The second-order valence-electron chi connectivity index (χ2n) is 4.24. The van der Waals surface area contributed by atoms with Gasteiger partial charge in [-0.2, -0.15) is 0 Å². The number of hydrogen-bond donors (Lipinski definition) is 0. The van der Waals surface area contributed by atoms with Crippen molar-refractivity contribution in [2.45, 2.75) is 6.61 Å². The lowest BCUT2D eigenvalue weighted by atomic mass is 10.2. The average Bonchev–Trinajstić information content (AvgIpc) is 2.46. The Bertz CT molecular complexity index is 712. The smallest absolute Gasteiger partial charge is 0.122 e. The van der Waals surface area contributed by atoms with Crippen molar-refractivity contribution in [1.29, 1.82) is 0 Å². The summed E-state index contributed by atoms with van der Waals surface area (Å²) >= 11 is 6.09. The topological polar surface area (TPSA) is 22.1 Å². The predicted octanol–water partition coefficient (Wildman–Crippen LogP) is 4.47. The second-order valence-corrected chi connectivity index (χ2v) is 4.65. The molecule has 0 radical (unpaired) electrons. The zero-order chi connectivity index (χ0) is 13.1. The van der Waals surface area contributed by atoms with Crippen LogP contribution >= 0.6 is 11.6 Å². The van der Waals surface area contributed by atoms with Crippen molar-refractivity contribution < 1.29 is 4.74 Å². The molecule has 3 aromatic rings. The second kappa shape index (κ2) is 5.29. The highest BCUT2D eigenvalue weighted by Crippen LogP contribution is 2.21. The molecular formula is C16H12ClNO. The van der Waals surface area contributed by atoms with Gasteiger partial charge in [-0.3, -0.25) is 4.98 Å². The third-order valence-electron chi connectivity index (χ3n) is 2.93. The SMILES string of the molecule is Clc1ccccc1COc1ccc2cccnc2c1. The van der Waals surface area contributed by atoms with Gasteiger partial charge in [-0.15, -0.1) is 0 Å². The summed E-state index contributed by atoms with van der Waals surface area (Å²) in [6.45, 7) is 0.456. The lowest BCUT2D eigenvalue weighted by Gasteiger charge is -2.08. The van der Waals surface area contributed by atoms with Crippen LogP contribution in [-0.2, 0) is 6.61 Å². The highest BCUT2D eigenvalue weighted by atomic mass is 35.5. The summed E-state index contributed by atoms with van der Waals surface area (Å²) in [4.78, 5) is 4.31. The van der Waals surface area contributed by atoms with Gasteiger partial charge in [0.05, 0.1) is 5.52 Å². The largest absolute Gasteiger partial charge is 0.489 e.